The second-order valence-electron chi connectivity index (χ2n) is 8.66. The molecular weight excluding hydrogens is 440 g/mol. The largest absolute Gasteiger partial charge is 0.507 e. The van der Waals surface area contributed by atoms with E-state index in [1.165, 1.54) is 16.4 Å². The van der Waals surface area contributed by atoms with E-state index in [0.717, 1.165) is 24.0 Å². The second kappa shape index (κ2) is 8.99. The van der Waals surface area contributed by atoms with E-state index in [1.807, 2.05) is 19.9 Å². The van der Waals surface area contributed by atoms with E-state index in [2.05, 4.69) is 22.4 Å². The first-order chi connectivity index (χ1) is 15.7. The third-order valence-electron chi connectivity index (χ3n) is 6.17. The SMILES string of the molecule is Cc1ccc(-c2cc(C(=O)Nc3ccc(S(=O)(=O)N4CCC[C@@H](C)C4)cc3)[nH]n2)c(O)c1C. The molecular formula is C24H28N4O4S. The number of nitrogens with one attached hydrogen (secondary N) is 2. The van der Waals surface area contributed by atoms with Crippen LogP contribution in [0.1, 0.15) is 41.4 Å². The molecule has 33 heavy (non-hydrogen) atoms. The predicted molar refractivity (Wildman–Crippen MR) is 127 cm³/mol. The Bertz CT molecular complexity index is 1280. The molecule has 1 aliphatic rings. The number of rotatable bonds is 5. The van der Waals surface area contributed by atoms with Crippen LogP contribution in [0.4, 0.5) is 5.69 Å². The van der Waals surface area contributed by atoms with Gasteiger partial charge in [0, 0.05) is 24.3 Å². The van der Waals surface area contributed by atoms with Crippen molar-refractivity contribution in [2.75, 3.05) is 18.4 Å². The number of aromatic amines is 1. The molecule has 1 fully saturated rings. The zero-order chi connectivity index (χ0) is 23.8. The van der Waals surface area contributed by atoms with Gasteiger partial charge in [0.25, 0.3) is 5.91 Å². The molecule has 174 valence electrons. The van der Waals surface area contributed by atoms with Crippen molar-refractivity contribution >= 4 is 21.6 Å². The van der Waals surface area contributed by atoms with Crippen molar-refractivity contribution < 1.29 is 18.3 Å². The molecule has 2 heterocycles. The summed E-state index contributed by atoms with van der Waals surface area (Å²) in [4.78, 5) is 12.9. The lowest BCUT2D eigenvalue weighted by Gasteiger charge is -2.30. The molecule has 3 N–H and O–H groups in total. The number of aromatic hydroxyl groups is 1. The number of piperidine rings is 1. The Labute approximate surface area is 193 Å². The van der Waals surface area contributed by atoms with Gasteiger partial charge in [-0.2, -0.15) is 9.40 Å². The summed E-state index contributed by atoms with van der Waals surface area (Å²) in [6.45, 7) is 6.85. The summed E-state index contributed by atoms with van der Waals surface area (Å²) in [6.07, 6.45) is 1.90. The van der Waals surface area contributed by atoms with Crippen LogP contribution in [0.25, 0.3) is 11.3 Å². The molecule has 8 nitrogen and oxygen atoms in total. The fourth-order valence-electron chi connectivity index (χ4n) is 4.01. The van der Waals surface area contributed by atoms with Crippen molar-refractivity contribution in [2.24, 2.45) is 5.92 Å². The molecule has 1 atom stereocenters. The molecule has 1 aliphatic heterocycles. The lowest BCUT2D eigenvalue weighted by atomic mass is 10.0. The van der Waals surface area contributed by atoms with E-state index in [4.69, 9.17) is 0 Å². The number of phenolic OH excluding ortho intramolecular Hbond substituents is 1. The van der Waals surface area contributed by atoms with Gasteiger partial charge in [-0.25, -0.2) is 8.42 Å². The van der Waals surface area contributed by atoms with Gasteiger partial charge in [-0.15, -0.1) is 0 Å². The van der Waals surface area contributed by atoms with Crippen LogP contribution >= 0.6 is 0 Å². The van der Waals surface area contributed by atoms with E-state index in [0.29, 0.717) is 36.0 Å². The van der Waals surface area contributed by atoms with Crippen LogP contribution in [0.5, 0.6) is 5.75 Å². The van der Waals surface area contributed by atoms with Gasteiger partial charge in [0.15, 0.2) is 0 Å². The van der Waals surface area contributed by atoms with Gasteiger partial charge < -0.3 is 10.4 Å². The standard InChI is InChI=1S/C24H28N4O4S/c1-15-5-4-12-28(14-15)33(31,32)19-9-7-18(8-10-19)25-24(30)22-13-21(26-27-22)20-11-6-16(2)17(3)23(20)29/h6-11,13,15,29H,4-5,12,14H2,1-3H3,(H,25,30)(H,26,27)/t15-/m1/s1. The number of nitrogens with zero attached hydrogens (tertiary/aromatic N) is 2. The number of carbonyl (C=O) groups is 1. The van der Waals surface area contributed by atoms with Gasteiger partial charge in [-0.3, -0.25) is 9.89 Å². The summed E-state index contributed by atoms with van der Waals surface area (Å²) < 4.78 is 27.3. The minimum Gasteiger partial charge on any atom is -0.507 e. The summed E-state index contributed by atoms with van der Waals surface area (Å²) in [7, 11) is -3.55. The third kappa shape index (κ3) is 4.65. The molecule has 1 amide bonds. The average Bonchev–Trinajstić information content (AvgIpc) is 3.28. The number of phenols is 1. The maximum atomic E-state index is 12.9. The molecule has 0 spiro atoms. The molecule has 1 aromatic heterocycles. The number of aromatic nitrogens is 2. The first-order valence-corrected chi connectivity index (χ1v) is 12.4. The van der Waals surface area contributed by atoms with E-state index in [1.54, 1.807) is 24.3 Å². The van der Waals surface area contributed by atoms with Crippen LogP contribution in [0, 0.1) is 19.8 Å². The summed E-state index contributed by atoms with van der Waals surface area (Å²) in [5.41, 5.74) is 3.41. The Morgan fingerprint density at radius 1 is 1.18 bits per heavy atom. The van der Waals surface area contributed by atoms with Crippen LogP contribution in [0.15, 0.2) is 47.4 Å². The quantitative estimate of drug-likeness (QED) is 0.522. The van der Waals surface area contributed by atoms with Crippen LogP contribution in [-0.2, 0) is 10.0 Å². The number of sulfonamides is 1. The number of hydrogen-bond donors (Lipinski definition) is 3. The van der Waals surface area contributed by atoms with Gasteiger partial charge in [0.1, 0.15) is 11.4 Å². The van der Waals surface area contributed by atoms with Gasteiger partial charge in [-0.05, 0) is 80.1 Å². The Balaban J connectivity index is 1.47. The zero-order valence-corrected chi connectivity index (χ0v) is 19.7. The molecule has 0 radical (unpaired) electrons. The number of amides is 1. The van der Waals surface area contributed by atoms with Crippen molar-refractivity contribution in [2.45, 2.75) is 38.5 Å². The van der Waals surface area contributed by atoms with Crippen LogP contribution in [0.3, 0.4) is 0 Å². The molecule has 9 heteroatoms. The average molecular weight is 469 g/mol. The summed E-state index contributed by atoms with van der Waals surface area (Å²) in [6, 6.07) is 11.4. The topological polar surface area (TPSA) is 115 Å². The first-order valence-electron chi connectivity index (χ1n) is 10.9. The van der Waals surface area contributed by atoms with E-state index in [-0.39, 0.29) is 16.3 Å². The molecule has 3 aromatic rings. The van der Waals surface area contributed by atoms with Crippen LogP contribution in [0.2, 0.25) is 0 Å². The molecule has 1 saturated heterocycles. The normalized spacial score (nSPS) is 17.1. The van der Waals surface area contributed by atoms with E-state index >= 15 is 0 Å². The van der Waals surface area contributed by atoms with Crippen molar-refractivity contribution in [3.63, 3.8) is 0 Å². The fourth-order valence-corrected chi connectivity index (χ4v) is 5.60. The zero-order valence-electron chi connectivity index (χ0n) is 18.9. The van der Waals surface area contributed by atoms with Crippen molar-refractivity contribution in [1.29, 1.82) is 0 Å². The highest BCUT2D eigenvalue weighted by Crippen LogP contribution is 2.33. The van der Waals surface area contributed by atoms with Crippen molar-refractivity contribution in [3.8, 4) is 17.0 Å². The van der Waals surface area contributed by atoms with Gasteiger partial charge in [0.2, 0.25) is 10.0 Å². The summed E-state index contributed by atoms with van der Waals surface area (Å²) >= 11 is 0. The smallest absolute Gasteiger partial charge is 0.273 e. The lowest BCUT2D eigenvalue weighted by Crippen LogP contribution is -2.39. The number of benzene rings is 2. The highest BCUT2D eigenvalue weighted by molar-refractivity contribution is 7.89. The number of anilines is 1. The van der Waals surface area contributed by atoms with E-state index < -0.39 is 15.9 Å². The van der Waals surface area contributed by atoms with E-state index in [9.17, 15) is 18.3 Å². The highest BCUT2D eigenvalue weighted by atomic mass is 32.2. The Morgan fingerprint density at radius 2 is 1.91 bits per heavy atom. The Morgan fingerprint density at radius 3 is 2.61 bits per heavy atom. The predicted octanol–water partition coefficient (Wildman–Crippen LogP) is 4.07. The lowest BCUT2D eigenvalue weighted by molar-refractivity contribution is 0.102. The fraction of sp³-hybridized carbons (Fsp3) is 0.333. The van der Waals surface area contributed by atoms with Crippen molar-refractivity contribution in [1.82, 2.24) is 14.5 Å². The second-order valence-corrected chi connectivity index (χ2v) is 10.6. The van der Waals surface area contributed by atoms with Gasteiger partial charge in [-0.1, -0.05) is 13.0 Å². The molecule has 0 aliphatic carbocycles. The minimum atomic E-state index is -3.55. The summed E-state index contributed by atoms with van der Waals surface area (Å²) in [5.74, 6) is 0.0583. The van der Waals surface area contributed by atoms with Gasteiger partial charge >= 0.3 is 0 Å². The van der Waals surface area contributed by atoms with Crippen LogP contribution < -0.4 is 5.32 Å². The number of carbonyl (C=O) groups excluding carboxylic acids is 1. The molecule has 2 aromatic carbocycles. The summed E-state index contributed by atoms with van der Waals surface area (Å²) in [5, 5.41) is 20.0. The van der Waals surface area contributed by atoms with Crippen LogP contribution in [-0.4, -0.2) is 47.0 Å². The molecule has 4 rings (SSSR count). The molecule has 0 unspecified atom stereocenters. The van der Waals surface area contributed by atoms with Crippen molar-refractivity contribution in [3.05, 3.63) is 59.3 Å². The first kappa shape index (κ1) is 23.0. The maximum Gasteiger partial charge on any atom is 0.273 e. The minimum absolute atomic E-state index is 0.133. The van der Waals surface area contributed by atoms with Gasteiger partial charge in [0.05, 0.1) is 10.6 Å². The monoisotopic (exact) mass is 468 g/mol. The number of hydrogen-bond acceptors (Lipinski definition) is 5. The highest BCUT2D eigenvalue weighted by Gasteiger charge is 2.28. The maximum absolute atomic E-state index is 12.9. The third-order valence-corrected chi connectivity index (χ3v) is 8.05. The Hall–Kier alpha value is -3.17. The Kier molecular flexibility index (Phi) is 6.27. The number of H-pyrrole nitrogens is 1. The molecule has 0 saturated carbocycles. The number of aryl methyl sites for hydroxylation is 1. The molecule has 0 bridgehead atoms.